The summed E-state index contributed by atoms with van der Waals surface area (Å²) in [6.07, 6.45) is 1.02. The molecule has 0 bridgehead atoms. The number of aromatic nitrogens is 2. The number of nitrogens with two attached hydrogens (primary N) is 2. The third kappa shape index (κ3) is 3.37. The van der Waals surface area contributed by atoms with Crippen LogP contribution in [0, 0.1) is 4.77 Å². The van der Waals surface area contributed by atoms with Gasteiger partial charge in [-0.05, 0) is 24.4 Å². The summed E-state index contributed by atoms with van der Waals surface area (Å²) in [4.78, 5) is 14.4. The van der Waals surface area contributed by atoms with Gasteiger partial charge in [-0.2, -0.15) is 5.10 Å². The van der Waals surface area contributed by atoms with E-state index in [9.17, 15) is 9.90 Å². The van der Waals surface area contributed by atoms with Gasteiger partial charge >= 0.3 is 0 Å². The maximum atomic E-state index is 11.9. The van der Waals surface area contributed by atoms with E-state index >= 15 is 0 Å². The number of nitrogens with zero attached hydrogens (tertiary/aromatic N) is 3. The third-order valence-corrected chi connectivity index (χ3v) is 3.09. The van der Waals surface area contributed by atoms with Gasteiger partial charge in [0, 0.05) is 0 Å². The smallest absolute Gasteiger partial charge is 0.264 e. The molecule has 0 fully saturated rings. The van der Waals surface area contributed by atoms with E-state index in [0.29, 0.717) is 11.4 Å². The molecule has 2 rings (SSSR count). The first kappa shape index (κ1) is 16.2. The van der Waals surface area contributed by atoms with Crippen LogP contribution in [0.4, 0.5) is 0 Å². The minimum absolute atomic E-state index is 0.00371. The number of hydrogen-bond acceptors (Lipinski definition) is 6. The molecule has 1 aromatic heterocycles. The second kappa shape index (κ2) is 6.75. The van der Waals surface area contributed by atoms with Crippen molar-refractivity contribution in [3.05, 3.63) is 45.0 Å². The SMILES string of the molecule is COc1ccccc1-n1c(O)c(C=NN=C(N)N)c(=O)[nH]c1=S. The largest absolute Gasteiger partial charge is 0.495 e. The van der Waals surface area contributed by atoms with Gasteiger partial charge in [0.25, 0.3) is 5.56 Å². The van der Waals surface area contributed by atoms with E-state index in [4.69, 9.17) is 28.4 Å². The molecule has 0 atom stereocenters. The minimum atomic E-state index is -0.631. The van der Waals surface area contributed by atoms with Crippen molar-refractivity contribution in [2.24, 2.45) is 21.7 Å². The third-order valence-electron chi connectivity index (χ3n) is 2.81. The van der Waals surface area contributed by atoms with Gasteiger partial charge in [0.1, 0.15) is 11.3 Å². The van der Waals surface area contributed by atoms with Gasteiger partial charge in [-0.3, -0.25) is 14.3 Å². The molecule has 6 N–H and O–H groups in total. The molecular formula is C13H14N6O3S. The van der Waals surface area contributed by atoms with Crippen LogP contribution in [0.2, 0.25) is 0 Å². The molecule has 23 heavy (non-hydrogen) atoms. The highest BCUT2D eigenvalue weighted by Gasteiger charge is 2.15. The van der Waals surface area contributed by atoms with Crippen LogP contribution in [0.1, 0.15) is 5.56 Å². The van der Waals surface area contributed by atoms with Crippen LogP contribution in [0.3, 0.4) is 0 Å². The van der Waals surface area contributed by atoms with Crippen molar-refractivity contribution in [1.82, 2.24) is 9.55 Å². The molecule has 120 valence electrons. The Labute approximate surface area is 135 Å². The van der Waals surface area contributed by atoms with E-state index < -0.39 is 11.4 Å². The molecule has 0 aliphatic carbocycles. The molecule has 0 amide bonds. The van der Waals surface area contributed by atoms with Crippen molar-refractivity contribution in [1.29, 1.82) is 0 Å². The molecule has 9 nitrogen and oxygen atoms in total. The number of H-pyrrole nitrogens is 1. The van der Waals surface area contributed by atoms with Crippen LogP contribution in [-0.2, 0) is 0 Å². The number of benzene rings is 1. The zero-order valence-electron chi connectivity index (χ0n) is 12.1. The normalized spacial score (nSPS) is 10.7. The molecular weight excluding hydrogens is 320 g/mol. The summed E-state index contributed by atoms with van der Waals surface area (Å²) in [5.74, 6) is -0.245. The molecule has 0 saturated carbocycles. The second-order valence-corrected chi connectivity index (χ2v) is 4.66. The van der Waals surface area contributed by atoms with Crippen LogP contribution < -0.4 is 21.8 Å². The van der Waals surface area contributed by atoms with E-state index in [1.807, 2.05) is 0 Å². The van der Waals surface area contributed by atoms with Gasteiger partial charge in [-0.1, -0.05) is 12.1 Å². The highest BCUT2D eigenvalue weighted by Crippen LogP contribution is 2.26. The Kier molecular flexibility index (Phi) is 4.76. The highest BCUT2D eigenvalue weighted by molar-refractivity contribution is 7.71. The number of aromatic hydroxyl groups is 1. The maximum Gasteiger partial charge on any atom is 0.264 e. The first-order valence-corrected chi connectivity index (χ1v) is 6.70. The number of aromatic amines is 1. The van der Waals surface area contributed by atoms with Crippen LogP contribution in [0.15, 0.2) is 39.3 Å². The molecule has 0 spiro atoms. The molecule has 2 aromatic rings. The van der Waals surface area contributed by atoms with E-state index in [2.05, 4.69) is 15.2 Å². The van der Waals surface area contributed by atoms with E-state index in [1.165, 1.54) is 11.7 Å². The van der Waals surface area contributed by atoms with Gasteiger partial charge in [-0.15, -0.1) is 5.10 Å². The predicted octanol–water partition coefficient (Wildman–Crippen LogP) is 0.217. The lowest BCUT2D eigenvalue weighted by Crippen LogP contribution is -2.22. The van der Waals surface area contributed by atoms with Gasteiger partial charge in [0.05, 0.1) is 19.0 Å². The lowest BCUT2D eigenvalue weighted by Gasteiger charge is -2.14. The number of methoxy groups -OCH3 is 1. The van der Waals surface area contributed by atoms with Crippen molar-refractivity contribution < 1.29 is 9.84 Å². The van der Waals surface area contributed by atoms with Crippen LogP contribution in [-0.4, -0.2) is 33.9 Å². The topological polar surface area (TPSA) is 144 Å². The monoisotopic (exact) mass is 334 g/mol. The molecule has 1 aromatic carbocycles. The fourth-order valence-electron chi connectivity index (χ4n) is 1.85. The van der Waals surface area contributed by atoms with Crippen molar-refractivity contribution in [3.63, 3.8) is 0 Å². The summed E-state index contributed by atoms with van der Waals surface area (Å²) in [5, 5.41) is 17.3. The molecule has 0 unspecified atom stereocenters. The van der Waals surface area contributed by atoms with E-state index in [0.717, 1.165) is 6.21 Å². The summed E-state index contributed by atoms with van der Waals surface area (Å²) in [5.41, 5.74) is 9.95. The Bertz CT molecular complexity index is 895. The summed E-state index contributed by atoms with van der Waals surface area (Å²) >= 11 is 5.11. The Morgan fingerprint density at radius 2 is 2.13 bits per heavy atom. The van der Waals surface area contributed by atoms with Crippen LogP contribution in [0.25, 0.3) is 5.69 Å². The lowest BCUT2D eigenvalue weighted by molar-refractivity contribution is 0.402. The van der Waals surface area contributed by atoms with E-state index in [1.54, 1.807) is 24.3 Å². The average Bonchev–Trinajstić information content (AvgIpc) is 2.50. The Hall–Kier alpha value is -3.14. The number of rotatable bonds is 4. The Morgan fingerprint density at radius 3 is 2.78 bits per heavy atom. The Balaban J connectivity index is 2.71. The average molecular weight is 334 g/mol. The summed E-state index contributed by atoms with van der Waals surface area (Å²) in [7, 11) is 1.48. The predicted molar refractivity (Wildman–Crippen MR) is 88.8 cm³/mol. The van der Waals surface area contributed by atoms with Gasteiger partial charge < -0.3 is 21.3 Å². The standard InChI is InChI=1S/C13H14N6O3S/c1-22-9-5-3-2-4-8(9)19-11(21)7(6-16-18-12(14)15)10(20)17-13(19)23/h2-6,21H,1H3,(H4,14,15,18)(H,17,20,23). The number of guanidine groups is 1. The fourth-order valence-corrected chi connectivity index (χ4v) is 2.12. The number of nitrogens with one attached hydrogen (secondary N) is 1. The highest BCUT2D eigenvalue weighted by atomic mass is 32.1. The molecule has 0 aliphatic rings. The summed E-state index contributed by atoms with van der Waals surface area (Å²) in [6, 6.07) is 6.85. The summed E-state index contributed by atoms with van der Waals surface area (Å²) in [6.45, 7) is 0. The second-order valence-electron chi connectivity index (χ2n) is 4.27. The number of hydrogen-bond donors (Lipinski definition) is 4. The van der Waals surface area contributed by atoms with Crippen molar-refractivity contribution >= 4 is 24.4 Å². The van der Waals surface area contributed by atoms with Gasteiger partial charge in [-0.25, -0.2) is 0 Å². The van der Waals surface area contributed by atoms with Gasteiger partial charge in [0.15, 0.2) is 4.77 Å². The van der Waals surface area contributed by atoms with Crippen LogP contribution >= 0.6 is 12.2 Å². The van der Waals surface area contributed by atoms with E-state index in [-0.39, 0.29) is 16.3 Å². The fraction of sp³-hybridized carbons (Fsp3) is 0.0769. The molecule has 10 heteroatoms. The minimum Gasteiger partial charge on any atom is -0.495 e. The summed E-state index contributed by atoms with van der Waals surface area (Å²) < 4.78 is 6.47. The van der Waals surface area contributed by atoms with Crippen molar-refractivity contribution in [3.8, 4) is 17.3 Å². The first-order valence-electron chi connectivity index (χ1n) is 6.29. The Morgan fingerprint density at radius 1 is 1.43 bits per heavy atom. The quantitative estimate of drug-likeness (QED) is 0.272. The van der Waals surface area contributed by atoms with Crippen molar-refractivity contribution in [2.75, 3.05) is 7.11 Å². The first-order chi connectivity index (χ1) is 11.0. The zero-order chi connectivity index (χ0) is 17.0. The lowest BCUT2D eigenvalue weighted by atomic mass is 10.2. The van der Waals surface area contributed by atoms with Gasteiger partial charge in [0.2, 0.25) is 11.8 Å². The van der Waals surface area contributed by atoms with Crippen molar-refractivity contribution in [2.45, 2.75) is 0 Å². The maximum absolute atomic E-state index is 11.9. The zero-order valence-corrected chi connectivity index (χ0v) is 12.9. The number of ether oxygens (including phenoxy) is 1. The number of para-hydroxylation sites is 2. The molecule has 1 heterocycles. The molecule has 0 aliphatic heterocycles. The molecule has 0 radical (unpaired) electrons. The van der Waals surface area contributed by atoms with Crippen LogP contribution in [0.5, 0.6) is 11.6 Å². The molecule has 0 saturated heterocycles.